The minimum absolute atomic E-state index is 0.181. The van der Waals surface area contributed by atoms with Gasteiger partial charge in [0.25, 0.3) is 0 Å². The molecule has 0 radical (unpaired) electrons. The first-order chi connectivity index (χ1) is 24.2. The van der Waals surface area contributed by atoms with Crippen LogP contribution in [0.5, 0.6) is 0 Å². The van der Waals surface area contributed by atoms with Crippen molar-refractivity contribution >= 4 is 5.97 Å². The standard InChI is InChI=1S/C45H78O4/c1-3-5-7-9-11-13-15-17-19-20-21-22-23-24-25-26-27-28-30-32-34-36-38-40-45(47)49-44(42-46)43-48-41-39-37-35-33-31-29-18-16-14-12-10-8-6-4-2/h5,7-8,10-11,13-14,16-17,19,21-22,44,46H,3-4,6,9,12,15,18,20,23-43H2,1-2H3/b7-5-,10-8-,13-11-,16-14-,19-17-,22-21-. The first-order valence-electron chi connectivity index (χ1n) is 20.5. The van der Waals surface area contributed by atoms with Crippen molar-refractivity contribution in [2.45, 2.75) is 187 Å². The van der Waals surface area contributed by atoms with Crippen LogP contribution in [0.4, 0.5) is 0 Å². The summed E-state index contributed by atoms with van der Waals surface area (Å²) in [6.07, 6.45) is 56.7. The molecule has 0 aromatic rings. The number of carbonyl (C=O) groups is 1. The predicted octanol–water partition coefficient (Wildman–Crippen LogP) is 13.4. The lowest BCUT2D eigenvalue weighted by molar-refractivity contribution is -0.154. The quantitative estimate of drug-likeness (QED) is 0.0402. The molecule has 0 saturated heterocycles. The average molecular weight is 683 g/mol. The van der Waals surface area contributed by atoms with Crippen LogP contribution in [0.2, 0.25) is 0 Å². The molecule has 282 valence electrons. The maximum Gasteiger partial charge on any atom is 0.306 e. The molecule has 0 aromatic carbocycles. The molecule has 0 aliphatic heterocycles. The number of ether oxygens (including phenoxy) is 2. The Morgan fingerprint density at radius 3 is 1.39 bits per heavy atom. The van der Waals surface area contributed by atoms with Crippen molar-refractivity contribution in [2.24, 2.45) is 0 Å². The van der Waals surface area contributed by atoms with Crippen molar-refractivity contribution in [3.05, 3.63) is 72.9 Å². The number of rotatable bonds is 37. The van der Waals surface area contributed by atoms with E-state index in [-0.39, 0.29) is 19.2 Å². The molecule has 0 heterocycles. The maximum absolute atomic E-state index is 12.2. The second kappa shape index (κ2) is 42.0. The molecule has 0 amide bonds. The zero-order chi connectivity index (χ0) is 35.6. The highest BCUT2D eigenvalue weighted by Crippen LogP contribution is 2.13. The largest absolute Gasteiger partial charge is 0.457 e. The van der Waals surface area contributed by atoms with Gasteiger partial charge < -0.3 is 14.6 Å². The summed E-state index contributed by atoms with van der Waals surface area (Å²) in [6, 6.07) is 0. The van der Waals surface area contributed by atoms with Crippen LogP contribution < -0.4 is 0 Å². The zero-order valence-electron chi connectivity index (χ0n) is 32.2. The molecule has 1 unspecified atom stereocenters. The number of hydrogen-bond donors (Lipinski definition) is 1. The van der Waals surface area contributed by atoms with Gasteiger partial charge in [-0.3, -0.25) is 4.79 Å². The van der Waals surface area contributed by atoms with Crippen molar-refractivity contribution in [1.29, 1.82) is 0 Å². The Morgan fingerprint density at radius 2 is 0.918 bits per heavy atom. The highest BCUT2D eigenvalue weighted by Gasteiger charge is 2.13. The minimum atomic E-state index is -0.545. The summed E-state index contributed by atoms with van der Waals surface area (Å²) < 4.78 is 11.1. The van der Waals surface area contributed by atoms with Crippen LogP contribution in [0.25, 0.3) is 0 Å². The monoisotopic (exact) mass is 683 g/mol. The summed E-state index contributed by atoms with van der Waals surface area (Å²) in [5, 5.41) is 9.58. The van der Waals surface area contributed by atoms with Crippen LogP contribution in [-0.4, -0.2) is 37.0 Å². The van der Waals surface area contributed by atoms with Gasteiger partial charge in [0.05, 0.1) is 13.2 Å². The molecule has 4 nitrogen and oxygen atoms in total. The van der Waals surface area contributed by atoms with Crippen LogP contribution in [0.15, 0.2) is 72.9 Å². The fourth-order valence-corrected chi connectivity index (χ4v) is 5.47. The molecule has 0 fully saturated rings. The van der Waals surface area contributed by atoms with E-state index in [2.05, 4.69) is 86.8 Å². The first kappa shape index (κ1) is 46.8. The van der Waals surface area contributed by atoms with E-state index >= 15 is 0 Å². The van der Waals surface area contributed by atoms with E-state index in [4.69, 9.17) is 9.47 Å². The highest BCUT2D eigenvalue weighted by molar-refractivity contribution is 5.69. The molecule has 1 N–H and O–H groups in total. The van der Waals surface area contributed by atoms with Gasteiger partial charge in [0, 0.05) is 13.0 Å². The highest BCUT2D eigenvalue weighted by atomic mass is 16.6. The summed E-state index contributed by atoms with van der Waals surface area (Å²) >= 11 is 0. The topological polar surface area (TPSA) is 55.8 Å². The lowest BCUT2D eigenvalue weighted by atomic mass is 10.0. The van der Waals surface area contributed by atoms with Crippen LogP contribution >= 0.6 is 0 Å². The Hall–Kier alpha value is -2.17. The summed E-state index contributed by atoms with van der Waals surface area (Å²) in [4.78, 5) is 12.2. The van der Waals surface area contributed by atoms with E-state index in [1.54, 1.807) is 0 Å². The van der Waals surface area contributed by atoms with Crippen LogP contribution in [0.3, 0.4) is 0 Å². The SMILES string of the molecule is CC/C=C\C/C=C\C/C=C\C/C=C\CCCCCCCCCCCCC(=O)OC(CO)COCCCCCCCC/C=C\C/C=C\CCC. The smallest absolute Gasteiger partial charge is 0.306 e. The minimum Gasteiger partial charge on any atom is -0.457 e. The molecule has 0 aliphatic carbocycles. The second-order valence-corrected chi connectivity index (χ2v) is 13.3. The summed E-state index contributed by atoms with van der Waals surface area (Å²) in [5.41, 5.74) is 0. The number of aliphatic hydroxyl groups excluding tert-OH is 1. The predicted molar refractivity (Wildman–Crippen MR) is 214 cm³/mol. The van der Waals surface area contributed by atoms with E-state index < -0.39 is 6.10 Å². The molecule has 1 atom stereocenters. The van der Waals surface area contributed by atoms with Crippen LogP contribution in [-0.2, 0) is 14.3 Å². The van der Waals surface area contributed by atoms with Gasteiger partial charge in [-0.1, -0.05) is 170 Å². The lowest BCUT2D eigenvalue weighted by Crippen LogP contribution is -2.27. The fraction of sp³-hybridized carbons (Fsp3) is 0.711. The van der Waals surface area contributed by atoms with Gasteiger partial charge in [0.2, 0.25) is 0 Å². The van der Waals surface area contributed by atoms with Crippen molar-refractivity contribution in [3.63, 3.8) is 0 Å². The number of esters is 1. The van der Waals surface area contributed by atoms with Crippen LogP contribution in [0.1, 0.15) is 181 Å². The lowest BCUT2D eigenvalue weighted by Gasteiger charge is -2.15. The van der Waals surface area contributed by atoms with E-state index in [1.807, 2.05) is 0 Å². The van der Waals surface area contributed by atoms with Gasteiger partial charge in [0.15, 0.2) is 0 Å². The molecule has 0 saturated carbocycles. The third-order valence-corrected chi connectivity index (χ3v) is 8.50. The zero-order valence-corrected chi connectivity index (χ0v) is 32.2. The Labute approximate surface area is 304 Å². The molecule has 0 aromatic heterocycles. The fourth-order valence-electron chi connectivity index (χ4n) is 5.47. The number of unbranched alkanes of at least 4 members (excludes halogenated alkanes) is 17. The Bertz CT molecular complexity index is 850. The molecular weight excluding hydrogens is 604 g/mol. The van der Waals surface area contributed by atoms with Gasteiger partial charge in [-0.15, -0.1) is 0 Å². The van der Waals surface area contributed by atoms with E-state index in [0.717, 1.165) is 57.8 Å². The average Bonchev–Trinajstić information content (AvgIpc) is 3.11. The molecule has 0 bridgehead atoms. The van der Waals surface area contributed by atoms with Crippen molar-refractivity contribution in [3.8, 4) is 0 Å². The Morgan fingerprint density at radius 1 is 0.510 bits per heavy atom. The van der Waals surface area contributed by atoms with E-state index in [1.165, 1.54) is 103 Å². The van der Waals surface area contributed by atoms with Crippen molar-refractivity contribution in [1.82, 2.24) is 0 Å². The molecular formula is C45H78O4. The normalized spacial score (nSPS) is 13.1. The molecule has 4 heteroatoms. The third kappa shape index (κ3) is 40.1. The summed E-state index contributed by atoms with van der Waals surface area (Å²) in [6.45, 7) is 5.14. The van der Waals surface area contributed by atoms with Gasteiger partial charge in [-0.2, -0.15) is 0 Å². The molecule has 49 heavy (non-hydrogen) atoms. The molecule has 0 aliphatic rings. The number of aliphatic hydroxyl groups is 1. The van der Waals surface area contributed by atoms with Gasteiger partial charge in [-0.05, 0) is 77.0 Å². The Balaban J connectivity index is 3.47. The molecule has 0 spiro atoms. The summed E-state index contributed by atoms with van der Waals surface area (Å²) in [5.74, 6) is -0.212. The Kier molecular flexibility index (Phi) is 40.1. The van der Waals surface area contributed by atoms with Crippen LogP contribution in [0, 0.1) is 0 Å². The van der Waals surface area contributed by atoms with Crippen molar-refractivity contribution in [2.75, 3.05) is 19.8 Å². The third-order valence-electron chi connectivity index (χ3n) is 8.50. The van der Waals surface area contributed by atoms with E-state index in [9.17, 15) is 9.90 Å². The van der Waals surface area contributed by atoms with Gasteiger partial charge in [-0.25, -0.2) is 0 Å². The molecule has 0 rings (SSSR count). The number of allylic oxidation sites excluding steroid dienone is 12. The summed E-state index contributed by atoms with van der Waals surface area (Å²) in [7, 11) is 0. The first-order valence-corrected chi connectivity index (χ1v) is 20.5. The van der Waals surface area contributed by atoms with Gasteiger partial charge in [0.1, 0.15) is 6.10 Å². The van der Waals surface area contributed by atoms with Gasteiger partial charge >= 0.3 is 5.97 Å². The maximum atomic E-state index is 12.2. The second-order valence-electron chi connectivity index (χ2n) is 13.3. The van der Waals surface area contributed by atoms with Crippen molar-refractivity contribution < 1.29 is 19.4 Å². The number of carbonyl (C=O) groups excluding carboxylic acids is 1. The number of hydrogen-bond acceptors (Lipinski definition) is 4. The van der Waals surface area contributed by atoms with E-state index in [0.29, 0.717) is 13.0 Å².